The van der Waals surface area contributed by atoms with Gasteiger partial charge in [-0.25, -0.2) is 9.59 Å². The molecule has 1 aromatic carbocycles. The molecule has 47 heavy (non-hydrogen) atoms. The lowest BCUT2D eigenvalue weighted by molar-refractivity contribution is -0.0503. The third-order valence-corrected chi connectivity index (χ3v) is 10.3. The zero-order chi connectivity index (χ0) is 34.2. The maximum absolute atomic E-state index is 13.1. The van der Waals surface area contributed by atoms with Crippen LogP contribution in [0.25, 0.3) is 0 Å². The summed E-state index contributed by atoms with van der Waals surface area (Å²) in [6.45, 7) is 4.20. The second-order valence-electron chi connectivity index (χ2n) is 12.0. The van der Waals surface area contributed by atoms with E-state index in [1.54, 1.807) is 51.1 Å². The van der Waals surface area contributed by atoms with Gasteiger partial charge in [0, 0.05) is 40.9 Å². The highest BCUT2D eigenvalue weighted by Gasteiger charge is 2.47. The molecule has 17 heteroatoms. The van der Waals surface area contributed by atoms with Crippen molar-refractivity contribution in [3.63, 3.8) is 0 Å². The van der Waals surface area contributed by atoms with Crippen LogP contribution in [0.5, 0.6) is 0 Å². The summed E-state index contributed by atoms with van der Waals surface area (Å²) in [5, 5.41) is 12.7. The first kappa shape index (κ1) is 35.0. The zero-order valence-corrected chi connectivity index (χ0v) is 28.1. The van der Waals surface area contributed by atoms with Crippen LogP contribution in [0.15, 0.2) is 57.1 Å². The van der Waals surface area contributed by atoms with Crippen molar-refractivity contribution in [2.75, 3.05) is 18.5 Å². The highest BCUT2D eigenvalue weighted by molar-refractivity contribution is 8.07. The lowest BCUT2D eigenvalue weighted by Gasteiger charge is -2.27. The van der Waals surface area contributed by atoms with Gasteiger partial charge in [-0.2, -0.15) is 4.98 Å². The summed E-state index contributed by atoms with van der Waals surface area (Å²) in [7, 11) is 0. The minimum absolute atomic E-state index is 0.0944. The Hall–Kier alpha value is -3.34. The average Bonchev–Trinajstić information content (AvgIpc) is 3.49. The van der Waals surface area contributed by atoms with Crippen molar-refractivity contribution in [1.29, 1.82) is 0 Å². The highest BCUT2D eigenvalue weighted by atomic mass is 32.5. The third-order valence-electron chi connectivity index (χ3n) is 8.76. The molecule has 0 bridgehead atoms. The van der Waals surface area contributed by atoms with E-state index in [0.29, 0.717) is 16.7 Å². The van der Waals surface area contributed by atoms with Crippen LogP contribution in [-0.2, 0) is 30.3 Å². The van der Waals surface area contributed by atoms with Crippen molar-refractivity contribution in [2.45, 2.75) is 65.4 Å². The number of carbonyl (C=O) groups excluding carboxylic acids is 1. The van der Waals surface area contributed by atoms with Gasteiger partial charge in [-0.3, -0.25) is 23.7 Å². The van der Waals surface area contributed by atoms with E-state index in [0.717, 1.165) is 0 Å². The predicted molar refractivity (Wildman–Crippen MR) is 173 cm³/mol. The molecule has 1 amide bonds. The van der Waals surface area contributed by atoms with Crippen molar-refractivity contribution in [3.8, 4) is 0 Å². The van der Waals surface area contributed by atoms with Crippen LogP contribution in [-0.4, -0.2) is 66.5 Å². The number of aromatic amines is 1. The Morgan fingerprint density at radius 1 is 1.00 bits per heavy atom. The quantitative estimate of drug-likeness (QED) is 0.226. The lowest BCUT2D eigenvalue weighted by Crippen LogP contribution is -2.35. The number of carbonyl (C=O) groups is 1. The van der Waals surface area contributed by atoms with E-state index in [1.165, 1.54) is 21.5 Å². The summed E-state index contributed by atoms with van der Waals surface area (Å²) in [5.41, 5.74) is -0.533. The summed E-state index contributed by atoms with van der Waals surface area (Å²) in [4.78, 5) is 67.4. The van der Waals surface area contributed by atoms with E-state index < -0.39 is 72.9 Å². The average molecular weight is 692 g/mol. The molecule has 0 radical (unpaired) electrons. The molecule has 15 nitrogen and oxygen atoms in total. The molecule has 0 saturated carbocycles. The van der Waals surface area contributed by atoms with Crippen LogP contribution < -0.4 is 22.3 Å². The Bertz CT molecular complexity index is 1850. The third kappa shape index (κ3) is 7.39. The molecule has 3 aromatic rings. The van der Waals surface area contributed by atoms with Crippen molar-refractivity contribution in [1.82, 2.24) is 19.1 Å². The van der Waals surface area contributed by atoms with Crippen molar-refractivity contribution < 1.29 is 33.3 Å². The molecular weight excluding hydrogens is 653 g/mol. The monoisotopic (exact) mass is 691 g/mol. The molecule has 0 aliphatic carbocycles. The molecule has 0 spiro atoms. The van der Waals surface area contributed by atoms with Crippen LogP contribution in [0.4, 0.5) is 5.82 Å². The van der Waals surface area contributed by atoms with Gasteiger partial charge in [-0.15, -0.1) is 0 Å². The molecule has 4 heterocycles. The number of rotatable bonds is 10. The fraction of sp³-hybridized carbons (Fsp3) is 0.500. The van der Waals surface area contributed by atoms with Crippen molar-refractivity contribution in [3.05, 3.63) is 90.7 Å². The number of ether oxygens (including phenoxy) is 2. The second-order valence-corrected chi connectivity index (χ2v) is 14.8. The Morgan fingerprint density at radius 2 is 1.64 bits per heavy atom. The smallest absolute Gasteiger partial charge is 0.351 e. The molecule has 2 fully saturated rings. The Morgan fingerprint density at radius 3 is 2.32 bits per heavy atom. The van der Waals surface area contributed by atoms with Gasteiger partial charge in [0.1, 0.15) is 30.5 Å². The van der Waals surface area contributed by atoms with E-state index in [9.17, 15) is 29.2 Å². The number of aliphatic hydroxyl groups is 1. The molecular formula is C30H38N5O10PS. The Balaban J connectivity index is 1.25. The van der Waals surface area contributed by atoms with E-state index in [1.807, 2.05) is 13.8 Å². The van der Waals surface area contributed by atoms with Crippen LogP contribution in [0, 0.1) is 31.6 Å². The SMILES string of the molecule is Cc1cn([C@@H]2O[C@H](CO)[C@@H](OP(O)(=S)OC[C@H]3O[C@@H](n4cc(C)c(=O)[nH]c4=O)[C@H](C)[C@@H]3C)[C@H]2C)c(=O)nc1NC(=O)c1ccccc1. The van der Waals surface area contributed by atoms with E-state index >= 15 is 0 Å². The van der Waals surface area contributed by atoms with Gasteiger partial charge in [0.05, 0.1) is 19.3 Å². The van der Waals surface area contributed by atoms with Crippen LogP contribution in [0.3, 0.4) is 0 Å². The molecule has 1 unspecified atom stereocenters. The van der Waals surface area contributed by atoms with Crippen LogP contribution in [0.1, 0.15) is 54.7 Å². The summed E-state index contributed by atoms with van der Waals surface area (Å²) >= 11 is 5.32. The van der Waals surface area contributed by atoms with E-state index in [2.05, 4.69) is 15.3 Å². The molecule has 5 rings (SSSR count). The van der Waals surface area contributed by atoms with Crippen LogP contribution in [0.2, 0.25) is 0 Å². The molecule has 2 saturated heterocycles. The Kier molecular flexibility index (Phi) is 10.4. The number of aryl methyl sites for hydroxylation is 2. The van der Waals surface area contributed by atoms with Gasteiger partial charge in [0.15, 0.2) is 0 Å². The lowest BCUT2D eigenvalue weighted by atomic mass is 9.93. The fourth-order valence-electron chi connectivity index (χ4n) is 5.82. The number of aliphatic hydroxyl groups excluding tert-OH is 1. The van der Waals surface area contributed by atoms with Crippen LogP contribution >= 0.6 is 6.72 Å². The number of H-pyrrole nitrogens is 1. The van der Waals surface area contributed by atoms with E-state index in [4.69, 9.17) is 30.3 Å². The van der Waals surface area contributed by atoms with Gasteiger partial charge in [-0.05, 0) is 43.7 Å². The second kappa shape index (κ2) is 14.0. The normalized spacial score (nSPS) is 28.7. The fourth-order valence-corrected chi connectivity index (χ4v) is 7.33. The van der Waals surface area contributed by atoms with Crippen molar-refractivity contribution >= 4 is 30.3 Å². The first-order valence-electron chi connectivity index (χ1n) is 15.1. The van der Waals surface area contributed by atoms with E-state index in [-0.39, 0.29) is 24.3 Å². The standard InChI is InChI=1S/C30H38N5O10PS/c1-15-11-34(29(39)32-24(15)31-26(38)20-9-7-6-8-10-20)28-19(5)23(21(13-36)43-28)45-46(41,47)42-14-22-17(3)18(4)27(44-22)35-12-16(2)25(37)33-30(35)40/h6-12,17-19,21-23,27-28,36H,13-14H2,1-5H3,(H,41,47)(H,33,37,40)(H,31,32,38,39)/t17-,18+,19+,21+,22+,23-,27+,28+,46?/m0/s1. The zero-order valence-electron chi connectivity index (χ0n) is 26.4. The first-order valence-corrected chi connectivity index (χ1v) is 17.7. The number of nitrogens with zero attached hydrogens (tertiary/aromatic N) is 3. The Labute approximate surface area is 274 Å². The largest absolute Gasteiger partial charge is 0.394 e. The summed E-state index contributed by atoms with van der Waals surface area (Å²) in [5.74, 6) is -1.21. The van der Waals surface area contributed by atoms with Gasteiger partial charge in [-0.1, -0.05) is 39.0 Å². The maximum Gasteiger partial charge on any atom is 0.351 e. The molecule has 254 valence electrons. The molecule has 4 N–H and O–H groups in total. The number of amides is 1. The number of hydrogen-bond donors (Lipinski definition) is 4. The number of hydrogen-bond acceptors (Lipinski definition) is 11. The van der Waals surface area contributed by atoms with Gasteiger partial charge < -0.3 is 33.8 Å². The summed E-state index contributed by atoms with van der Waals surface area (Å²) in [6, 6.07) is 8.50. The van der Waals surface area contributed by atoms with Gasteiger partial charge >= 0.3 is 18.1 Å². The number of aromatic nitrogens is 4. The maximum atomic E-state index is 13.1. The molecule has 2 aromatic heterocycles. The van der Waals surface area contributed by atoms with Gasteiger partial charge in [0.25, 0.3) is 11.5 Å². The minimum atomic E-state index is -3.94. The first-order chi connectivity index (χ1) is 22.2. The number of anilines is 1. The molecule has 2 aliphatic heterocycles. The summed E-state index contributed by atoms with van der Waals surface area (Å²) in [6.07, 6.45) is -1.17. The predicted octanol–water partition coefficient (Wildman–Crippen LogP) is 1.98. The highest BCUT2D eigenvalue weighted by Crippen LogP contribution is 2.51. The molecule has 9 atom stereocenters. The topological polar surface area (TPSA) is 196 Å². The van der Waals surface area contributed by atoms with Crippen molar-refractivity contribution in [2.24, 2.45) is 17.8 Å². The van der Waals surface area contributed by atoms with Gasteiger partial charge in [0.2, 0.25) is 0 Å². The summed E-state index contributed by atoms with van der Waals surface area (Å²) < 4.78 is 26.2. The molecule has 2 aliphatic rings. The number of benzene rings is 1. The number of nitrogens with one attached hydrogen (secondary N) is 2. The minimum Gasteiger partial charge on any atom is -0.394 e.